The van der Waals surface area contributed by atoms with Gasteiger partial charge in [-0.3, -0.25) is 9.78 Å². The highest BCUT2D eigenvalue weighted by Crippen LogP contribution is 2.26. The van der Waals surface area contributed by atoms with Gasteiger partial charge in [0.05, 0.1) is 29.1 Å². The van der Waals surface area contributed by atoms with E-state index in [-0.39, 0.29) is 5.91 Å². The standard InChI is InChI=1S/C23H17N5O/c24-14-16-6-4-9-18(12-16)22(25)21-13-20(19-10-5-11-26-15-19)27-28(21)23(29)17-7-2-1-3-8-17/h1-13,15,22H,25H2. The molecule has 0 aliphatic carbocycles. The summed E-state index contributed by atoms with van der Waals surface area (Å²) >= 11 is 0. The molecule has 0 fully saturated rings. The van der Waals surface area contributed by atoms with E-state index >= 15 is 0 Å². The van der Waals surface area contributed by atoms with Crippen molar-refractivity contribution in [1.82, 2.24) is 14.8 Å². The van der Waals surface area contributed by atoms with Gasteiger partial charge in [0.2, 0.25) is 0 Å². The first kappa shape index (κ1) is 18.3. The third kappa shape index (κ3) is 3.68. The monoisotopic (exact) mass is 379 g/mol. The van der Waals surface area contributed by atoms with Crippen molar-refractivity contribution in [2.45, 2.75) is 6.04 Å². The van der Waals surface area contributed by atoms with Gasteiger partial charge in [-0.1, -0.05) is 30.3 Å². The summed E-state index contributed by atoms with van der Waals surface area (Å²) in [7, 11) is 0. The van der Waals surface area contributed by atoms with E-state index in [9.17, 15) is 10.1 Å². The molecule has 1 atom stereocenters. The maximum Gasteiger partial charge on any atom is 0.278 e. The first-order chi connectivity index (χ1) is 14.2. The summed E-state index contributed by atoms with van der Waals surface area (Å²) < 4.78 is 1.33. The van der Waals surface area contributed by atoms with Crippen LogP contribution >= 0.6 is 0 Å². The van der Waals surface area contributed by atoms with E-state index in [0.29, 0.717) is 22.5 Å². The van der Waals surface area contributed by atoms with Gasteiger partial charge in [0.1, 0.15) is 0 Å². The largest absolute Gasteiger partial charge is 0.319 e. The summed E-state index contributed by atoms with van der Waals surface area (Å²) in [5, 5.41) is 13.7. The molecule has 1 unspecified atom stereocenters. The molecule has 0 saturated carbocycles. The van der Waals surface area contributed by atoms with Crippen LogP contribution in [0, 0.1) is 11.3 Å². The lowest BCUT2D eigenvalue weighted by atomic mass is 10.0. The minimum atomic E-state index is -0.631. The Balaban J connectivity index is 1.84. The number of nitriles is 1. The molecule has 0 aliphatic rings. The molecule has 6 heteroatoms. The highest BCUT2D eigenvalue weighted by Gasteiger charge is 2.22. The number of carbonyl (C=O) groups is 1. The highest BCUT2D eigenvalue weighted by atomic mass is 16.2. The Hall–Kier alpha value is -4.08. The maximum atomic E-state index is 13.1. The van der Waals surface area contributed by atoms with Crippen molar-refractivity contribution in [3.8, 4) is 17.3 Å². The van der Waals surface area contributed by atoms with Gasteiger partial charge in [-0.2, -0.15) is 15.0 Å². The fourth-order valence-corrected chi connectivity index (χ4v) is 3.11. The number of benzene rings is 2. The van der Waals surface area contributed by atoms with Crippen molar-refractivity contribution >= 4 is 5.91 Å². The van der Waals surface area contributed by atoms with Crippen LogP contribution in [0.4, 0.5) is 0 Å². The zero-order valence-electron chi connectivity index (χ0n) is 15.4. The fourth-order valence-electron chi connectivity index (χ4n) is 3.11. The van der Waals surface area contributed by atoms with E-state index in [1.54, 1.807) is 60.9 Å². The second-order valence-electron chi connectivity index (χ2n) is 6.49. The Morgan fingerprint density at radius 2 is 1.86 bits per heavy atom. The minimum Gasteiger partial charge on any atom is -0.319 e. The molecule has 2 heterocycles. The number of nitrogens with two attached hydrogens (primary N) is 1. The summed E-state index contributed by atoms with van der Waals surface area (Å²) in [6.45, 7) is 0. The van der Waals surface area contributed by atoms with E-state index < -0.39 is 6.04 Å². The molecule has 2 aromatic heterocycles. The van der Waals surface area contributed by atoms with Crippen molar-refractivity contribution < 1.29 is 4.79 Å². The Morgan fingerprint density at radius 1 is 1.03 bits per heavy atom. The third-order valence-corrected chi connectivity index (χ3v) is 4.60. The molecule has 2 aromatic carbocycles. The van der Waals surface area contributed by atoms with E-state index in [4.69, 9.17) is 5.73 Å². The molecule has 0 amide bonds. The second kappa shape index (κ2) is 7.89. The normalized spacial score (nSPS) is 11.6. The molecule has 0 spiro atoms. The predicted octanol–water partition coefficient (Wildman–Crippen LogP) is 3.55. The number of aromatic nitrogens is 3. The molecule has 0 radical (unpaired) electrons. The van der Waals surface area contributed by atoms with E-state index in [1.165, 1.54) is 4.68 Å². The van der Waals surface area contributed by atoms with Crippen LogP contribution in [-0.4, -0.2) is 20.7 Å². The number of pyridine rings is 1. The molecule has 6 nitrogen and oxygen atoms in total. The van der Waals surface area contributed by atoms with Gasteiger partial charge in [-0.05, 0) is 48.0 Å². The van der Waals surface area contributed by atoms with Crippen molar-refractivity contribution in [3.05, 3.63) is 108 Å². The summed E-state index contributed by atoms with van der Waals surface area (Å²) in [5.41, 5.74) is 10.2. The lowest BCUT2D eigenvalue weighted by molar-refractivity contribution is 0.0941. The van der Waals surface area contributed by atoms with Gasteiger partial charge in [-0.15, -0.1) is 0 Å². The van der Waals surface area contributed by atoms with Gasteiger partial charge >= 0.3 is 0 Å². The first-order valence-corrected chi connectivity index (χ1v) is 9.03. The summed E-state index contributed by atoms with van der Waals surface area (Å²) in [4.78, 5) is 17.3. The van der Waals surface area contributed by atoms with Gasteiger partial charge in [0.25, 0.3) is 5.91 Å². The molecule has 140 valence electrons. The smallest absolute Gasteiger partial charge is 0.278 e. The van der Waals surface area contributed by atoms with Crippen LogP contribution in [0.15, 0.2) is 85.2 Å². The zero-order chi connectivity index (χ0) is 20.2. The topological polar surface area (TPSA) is 97.6 Å². The molecule has 0 aliphatic heterocycles. The highest BCUT2D eigenvalue weighted by molar-refractivity contribution is 5.96. The average molecular weight is 379 g/mol. The lowest BCUT2D eigenvalue weighted by Gasteiger charge is -2.14. The van der Waals surface area contributed by atoms with E-state index in [1.807, 2.05) is 24.3 Å². The van der Waals surface area contributed by atoms with Gasteiger partial charge in [-0.25, -0.2) is 0 Å². The molecular formula is C23H17N5O. The summed E-state index contributed by atoms with van der Waals surface area (Å²) in [5.74, 6) is -0.275. The van der Waals surface area contributed by atoms with Crippen molar-refractivity contribution in [2.75, 3.05) is 0 Å². The van der Waals surface area contributed by atoms with Crippen molar-refractivity contribution in [1.29, 1.82) is 5.26 Å². The fraction of sp³-hybridized carbons (Fsp3) is 0.0435. The van der Waals surface area contributed by atoms with Gasteiger partial charge in [0.15, 0.2) is 0 Å². The quantitative estimate of drug-likeness (QED) is 0.585. The van der Waals surface area contributed by atoms with Crippen LogP contribution < -0.4 is 5.73 Å². The second-order valence-corrected chi connectivity index (χ2v) is 6.49. The molecule has 29 heavy (non-hydrogen) atoms. The number of rotatable bonds is 4. The minimum absolute atomic E-state index is 0.275. The number of hydrogen-bond acceptors (Lipinski definition) is 5. The molecule has 0 bridgehead atoms. The Kier molecular flexibility index (Phi) is 4.97. The predicted molar refractivity (Wildman–Crippen MR) is 109 cm³/mol. The van der Waals surface area contributed by atoms with Crippen LogP contribution in [-0.2, 0) is 0 Å². The number of hydrogen-bond donors (Lipinski definition) is 1. The van der Waals surface area contributed by atoms with Crippen LogP contribution in [0.2, 0.25) is 0 Å². The maximum absolute atomic E-state index is 13.1. The van der Waals surface area contributed by atoms with Crippen molar-refractivity contribution in [2.24, 2.45) is 5.73 Å². The number of carbonyl (C=O) groups excluding carboxylic acids is 1. The lowest BCUT2D eigenvalue weighted by Crippen LogP contribution is -2.23. The van der Waals surface area contributed by atoms with Crippen LogP contribution in [0.5, 0.6) is 0 Å². The summed E-state index contributed by atoms with van der Waals surface area (Å²) in [6.07, 6.45) is 3.36. The molecule has 0 saturated heterocycles. The molecule has 4 aromatic rings. The average Bonchev–Trinajstić information content (AvgIpc) is 3.24. The van der Waals surface area contributed by atoms with E-state index in [2.05, 4.69) is 16.2 Å². The molecule has 4 rings (SSSR count). The van der Waals surface area contributed by atoms with Gasteiger partial charge < -0.3 is 5.73 Å². The molecular weight excluding hydrogens is 362 g/mol. The Labute approximate surface area is 167 Å². The third-order valence-electron chi connectivity index (χ3n) is 4.60. The Morgan fingerprint density at radius 3 is 2.59 bits per heavy atom. The number of nitrogens with zero attached hydrogens (tertiary/aromatic N) is 4. The molecule has 2 N–H and O–H groups in total. The van der Waals surface area contributed by atoms with Crippen LogP contribution in [0.25, 0.3) is 11.3 Å². The summed E-state index contributed by atoms with van der Waals surface area (Å²) in [6, 6.07) is 22.9. The van der Waals surface area contributed by atoms with Crippen molar-refractivity contribution in [3.63, 3.8) is 0 Å². The van der Waals surface area contributed by atoms with Crippen LogP contribution in [0.3, 0.4) is 0 Å². The SMILES string of the molecule is N#Cc1cccc(C(N)c2cc(-c3cccnc3)nn2C(=O)c2ccccc2)c1. The van der Waals surface area contributed by atoms with Crippen LogP contribution in [0.1, 0.15) is 33.2 Å². The first-order valence-electron chi connectivity index (χ1n) is 9.03. The van der Waals surface area contributed by atoms with E-state index in [0.717, 1.165) is 11.1 Å². The zero-order valence-corrected chi connectivity index (χ0v) is 15.4. The Bertz CT molecular complexity index is 1190. The van der Waals surface area contributed by atoms with Gasteiger partial charge in [0, 0.05) is 23.5 Å².